The number of benzene rings is 1. The number of rotatable bonds is 2. The van der Waals surface area contributed by atoms with Crippen molar-refractivity contribution in [3.05, 3.63) is 42.1 Å². The van der Waals surface area contributed by atoms with Gasteiger partial charge in [-0.1, -0.05) is 23.4 Å². The van der Waals surface area contributed by atoms with E-state index in [1.165, 1.54) is 0 Å². The highest BCUT2D eigenvalue weighted by molar-refractivity contribution is 6.00. The zero-order chi connectivity index (χ0) is 10.8. The van der Waals surface area contributed by atoms with Crippen LogP contribution in [-0.2, 0) is 0 Å². The maximum Gasteiger partial charge on any atom is 0.166 e. The standard InChI is InChI=1S/C12H11N3O/c1-2-9(11-4-5-15-16-11)8-10(3-1)12-13-6-7-14-12/h1-5,8H,6-7H2,(H,13,14). The molecule has 80 valence electrons. The molecule has 3 rings (SSSR count). The van der Waals surface area contributed by atoms with Crippen LogP contribution in [0, 0.1) is 0 Å². The third-order valence-corrected chi connectivity index (χ3v) is 2.53. The molecule has 0 saturated heterocycles. The summed E-state index contributed by atoms with van der Waals surface area (Å²) in [6, 6.07) is 9.94. The normalized spacial score (nSPS) is 14.6. The van der Waals surface area contributed by atoms with Gasteiger partial charge in [-0.15, -0.1) is 0 Å². The Balaban J connectivity index is 2.00. The fourth-order valence-electron chi connectivity index (χ4n) is 1.78. The lowest BCUT2D eigenvalue weighted by Gasteiger charge is -2.03. The van der Waals surface area contributed by atoms with Crippen molar-refractivity contribution in [3.63, 3.8) is 0 Å². The molecule has 2 aromatic rings. The minimum Gasteiger partial charge on any atom is -0.368 e. The Hall–Kier alpha value is -2.10. The van der Waals surface area contributed by atoms with Gasteiger partial charge in [-0.05, 0) is 6.07 Å². The zero-order valence-corrected chi connectivity index (χ0v) is 8.68. The van der Waals surface area contributed by atoms with Crippen molar-refractivity contribution >= 4 is 5.84 Å². The lowest BCUT2D eigenvalue weighted by Crippen LogP contribution is -2.19. The summed E-state index contributed by atoms with van der Waals surface area (Å²) >= 11 is 0. The zero-order valence-electron chi connectivity index (χ0n) is 8.68. The van der Waals surface area contributed by atoms with Crippen LogP contribution in [0.5, 0.6) is 0 Å². The topological polar surface area (TPSA) is 50.4 Å². The second-order valence-electron chi connectivity index (χ2n) is 3.61. The molecule has 4 nitrogen and oxygen atoms in total. The number of aliphatic imine (C=N–C) groups is 1. The summed E-state index contributed by atoms with van der Waals surface area (Å²) in [5, 5.41) is 6.95. The molecule has 0 aliphatic carbocycles. The number of nitrogens with zero attached hydrogens (tertiary/aromatic N) is 2. The van der Waals surface area contributed by atoms with Gasteiger partial charge in [0.2, 0.25) is 0 Å². The van der Waals surface area contributed by atoms with Crippen LogP contribution in [0.4, 0.5) is 0 Å². The molecule has 1 aliphatic heterocycles. The largest absolute Gasteiger partial charge is 0.368 e. The first kappa shape index (κ1) is 9.15. The summed E-state index contributed by atoms with van der Waals surface area (Å²) in [6.45, 7) is 1.77. The molecule has 16 heavy (non-hydrogen) atoms. The average Bonchev–Trinajstić information content (AvgIpc) is 3.03. The van der Waals surface area contributed by atoms with Gasteiger partial charge in [0, 0.05) is 23.7 Å². The Morgan fingerprint density at radius 3 is 2.88 bits per heavy atom. The number of amidine groups is 1. The van der Waals surface area contributed by atoms with Gasteiger partial charge in [0.25, 0.3) is 0 Å². The Morgan fingerprint density at radius 1 is 1.19 bits per heavy atom. The summed E-state index contributed by atoms with van der Waals surface area (Å²) < 4.78 is 5.13. The summed E-state index contributed by atoms with van der Waals surface area (Å²) in [5.74, 6) is 1.74. The second-order valence-corrected chi connectivity index (χ2v) is 3.61. The molecule has 0 amide bonds. The first-order valence-electron chi connectivity index (χ1n) is 5.23. The summed E-state index contributed by atoms with van der Waals surface area (Å²) in [4.78, 5) is 4.39. The van der Waals surface area contributed by atoms with Crippen molar-refractivity contribution < 1.29 is 4.52 Å². The number of aromatic nitrogens is 1. The van der Waals surface area contributed by atoms with Gasteiger partial charge in [-0.3, -0.25) is 4.99 Å². The van der Waals surface area contributed by atoms with Crippen molar-refractivity contribution in [2.24, 2.45) is 4.99 Å². The van der Waals surface area contributed by atoms with E-state index in [9.17, 15) is 0 Å². The Labute approximate surface area is 93.0 Å². The van der Waals surface area contributed by atoms with Gasteiger partial charge in [-0.2, -0.15) is 0 Å². The smallest absolute Gasteiger partial charge is 0.166 e. The van der Waals surface area contributed by atoms with Crippen LogP contribution in [0.1, 0.15) is 5.56 Å². The monoisotopic (exact) mass is 213 g/mol. The third-order valence-electron chi connectivity index (χ3n) is 2.53. The fourth-order valence-corrected chi connectivity index (χ4v) is 1.78. The van der Waals surface area contributed by atoms with E-state index in [1.807, 2.05) is 24.3 Å². The van der Waals surface area contributed by atoms with E-state index in [2.05, 4.69) is 21.5 Å². The minimum absolute atomic E-state index is 0.778. The fraction of sp³-hybridized carbons (Fsp3) is 0.167. The summed E-state index contributed by atoms with van der Waals surface area (Å²) in [5.41, 5.74) is 2.11. The molecule has 1 aromatic carbocycles. The minimum atomic E-state index is 0.778. The van der Waals surface area contributed by atoms with Crippen LogP contribution < -0.4 is 5.32 Å². The molecular formula is C12H11N3O. The van der Waals surface area contributed by atoms with Crippen LogP contribution >= 0.6 is 0 Å². The number of hydrogen-bond donors (Lipinski definition) is 1. The molecule has 1 N–H and O–H groups in total. The SMILES string of the molecule is c1cc(C2=NCCN2)cc(-c2ccno2)c1. The van der Waals surface area contributed by atoms with Crippen LogP contribution in [0.3, 0.4) is 0 Å². The van der Waals surface area contributed by atoms with Crippen LogP contribution in [-0.4, -0.2) is 24.1 Å². The third kappa shape index (κ3) is 1.58. The van der Waals surface area contributed by atoms with Gasteiger partial charge in [0.05, 0.1) is 12.7 Å². The Bertz CT molecular complexity index is 517. The van der Waals surface area contributed by atoms with Crippen molar-refractivity contribution in [2.75, 3.05) is 13.1 Å². The molecule has 0 unspecified atom stereocenters. The van der Waals surface area contributed by atoms with E-state index in [0.29, 0.717) is 0 Å². The van der Waals surface area contributed by atoms with Crippen LogP contribution in [0.25, 0.3) is 11.3 Å². The predicted molar refractivity (Wildman–Crippen MR) is 61.3 cm³/mol. The molecule has 0 atom stereocenters. The van der Waals surface area contributed by atoms with Crippen LogP contribution in [0.15, 0.2) is 46.0 Å². The van der Waals surface area contributed by atoms with Crippen molar-refractivity contribution in [3.8, 4) is 11.3 Å². The molecule has 2 heterocycles. The van der Waals surface area contributed by atoms with E-state index in [4.69, 9.17) is 4.52 Å². The molecule has 1 aliphatic rings. The van der Waals surface area contributed by atoms with E-state index in [0.717, 1.165) is 35.8 Å². The Kier molecular flexibility index (Phi) is 2.18. The molecule has 0 saturated carbocycles. The van der Waals surface area contributed by atoms with Gasteiger partial charge < -0.3 is 9.84 Å². The number of hydrogen-bond acceptors (Lipinski definition) is 4. The molecule has 0 bridgehead atoms. The van der Waals surface area contributed by atoms with E-state index >= 15 is 0 Å². The highest BCUT2D eigenvalue weighted by Gasteiger charge is 2.09. The molecular weight excluding hydrogens is 202 g/mol. The van der Waals surface area contributed by atoms with Gasteiger partial charge in [0.1, 0.15) is 5.84 Å². The molecule has 1 aromatic heterocycles. The molecule has 4 heteroatoms. The second kappa shape index (κ2) is 3.81. The molecule has 0 fully saturated rings. The highest BCUT2D eigenvalue weighted by Crippen LogP contribution is 2.20. The summed E-state index contributed by atoms with van der Waals surface area (Å²) in [6.07, 6.45) is 1.65. The summed E-state index contributed by atoms with van der Waals surface area (Å²) in [7, 11) is 0. The number of nitrogens with one attached hydrogen (secondary N) is 1. The van der Waals surface area contributed by atoms with Crippen molar-refractivity contribution in [1.82, 2.24) is 10.5 Å². The molecule has 0 radical (unpaired) electrons. The first-order valence-corrected chi connectivity index (χ1v) is 5.23. The van der Waals surface area contributed by atoms with Gasteiger partial charge in [0.15, 0.2) is 5.76 Å². The quantitative estimate of drug-likeness (QED) is 0.825. The lowest BCUT2D eigenvalue weighted by molar-refractivity contribution is 0.432. The van der Waals surface area contributed by atoms with E-state index < -0.39 is 0 Å². The van der Waals surface area contributed by atoms with E-state index in [1.54, 1.807) is 6.20 Å². The maximum absolute atomic E-state index is 5.13. The predicted octanol–water partition coefficient (Wildman–Crippen LogP) is 1.69. The van der Waals surface area contributed by atoms with Crippen molar-refractivity contribution in [1.29, 1.82) is 0 Å². The highest BCUT2D eigenvalue weighted by atomic mass is 16.5. The lowest BCUT2D eigenvalue weighted by atomic mass is 10.1. The Morgan fingerprint density at radius 2 is 2.12 bits per heavy atom. The van der Waals surface area contributed by atoms with Gasteiger partial charge in [-0.25, -0.2) is 0 Å². The first-order chi connectivity index (χ1) is 7.93. The van der Waals surface area contributed by atoms with Gasteiger partial charge >= 0.3 is 0 Å². The molecule has 0 spiro atoms. The van der Waals surface area contributed by atoms with Crippen LogP contribution in [0.2, 0.25) is 0 Å². The maximum atomic E-state index is 5.13. The van der Waals surface area contributed by atoms with Crippen molar-refractivity contribution in [2.45, 2.75) is 0 Å². The van der Waals surface area contributed by atoms with E-state index in [-0.39, 0.29) is 0 Å². The average molecular weight is 213 g/mol.